The molecule has 0 fully saturated rings. The average Bonchev–Trinajstić information content (AvgIpc) is 2.06. The van der Waals surface area contributed by atoms with Crippen LogP contribution in [0, 0.1) is 5.41 Å². The standard InChI is InChI=1S/C7H9ClN4O2S/c8-5-1-3-6(4-2-5)11-15(13,14)12-7(9)10/h1-4,11H,(H4,9,10,12). The van der Waals surface area contributed by atoms with Gasteiger partial charge in [0.2, 0.25) is 5.96 Å². The number of anilines is 1. The third-order valence-corrected chi connectivity index (χ3v) is 2.59. The Balaban J connectivity index is 2.78. The highest BCUT2D eigenvalue weighted by Gasteiger charge is 2.09. The maximum absolute atomic E-state index is 11.2. The number of nitrogens with one attached hydrogen (secondary N) is 3. The lowest BCUT2D eigenvalue weighted by Gasteiger charge is -2.08. The Kier molecular flexibility index (Phi) is 3.38. The van der Waals surface area contributed by atoms with Gasteiger partial charge in [-0.1, -0.05) is 11.6 Å². The van der Waals surface area contributed by atoms with E-state index in [0.717, 1.165) is 0 Å². The first-order chi connectivity index (χ1) is 6.89. The van der Waals surface area contributed by atoms with Crippen LogP contribution in [0.1, 0.15) is 0 Å². The highest BCUT2D eigenvalue weighted by molar-refractivity contribution is 7.91. The number of hydrogen-bond donors (Lipinski definition) is 4. The molecule has 0 heterocycles. The van der Waals surface area contributed by atoms with Crippen LogP contribution < -0.4 is 15.2 Å². The van der Waals surface area contributed by atoms with E-state index < -0.39 is 16.2 Å². The summed E-state index contributed by atoms with van der Waals surface area (Å²) < 4.78 is 26.4. The summed E-state index contributed by atoms with van der Waals surface area (Å²) >= 11 is 5.62. The molecule has 0 spiro atoms. The van der Waals surface area contributed by atoms with Gasteiger partial charge in [0, 0.05) is 5.02 Å². The average molecular weight is 249 g/mol. The topological polar surface area (TPSA) is 108 Å². The van der Waals surface area contributed by atoms with Crippen molar-refractivity contribution in [1.29, 1.82) is 5.41 Å². The Morgan fingerprint density at radius 1 is 1.33 bits per heavy atom. The number of halogens is 1. The van der Waals surface area contributed by atoms with Crippen molar-refractivity contribution in [2.75, 3.05) is 4.72 Å². The molecular formula is C7H9ClN4O2S. The lowest BCUT2D eigenvalue weighted by molar-refractivity contribution is 0.597. The van der Waals surface area contributed by atoms with Crippen LogP contribution in [-0.2, 0) is 10.2 Å². The molecule has 0 unspecified atom stereocenters. The molecule has 0 saturated heterocycles. The van der Waals surface area contributed by atoms with Crippen LogP contribution in [0.5, 0.6) is 0 Å². The van der Waals surface area contributed by atoms with Crippen LogP contribution in [0.25, 0.3) is 0 Å². The fraction of sp³-hybridized carbons (Fsp3) is 0. The van der Waals surface area contributed by atoms with Crippen molar-refractivity contribution >= 4 is 33.5 Å². The Bertz CT molecular complexity index is 456. The van der Waals surface area contributed by atoms with Crippen molar-refractivity contribution in [3.63, 3.8) is 0 Å². The Labute approximate surface area is 92.1 Å². The van der Waals surface area contributed by atoms with Gasteiger partial charge in [-0.25, -0.2) is 4.72 Å². The summed E-state index contributed by atoms with van der Waals surface area (Å²) in [6, 6.07) is 6.05. The smallest absolute Gasteiger partial charge is 0.323 e. The molecule has 6 nitrogen and oxygen atoms in total. The number of benzene rings is 1. The predicted octanol–water partition coefficient (Wildman–Crippen LogP) is 0.480. The molecule has 0 amide bonds. The lowest BCUT2D eigenvalue weighted by atomic mass is 10.3. The minimum Gasteiger partial charge on any atom is -0.369 e. The highest BCUT2D eigenvalue weighted by atomic mass is 35.5. The Morgan fingerprint density at radius 3 is 2.33 bits per heavy atom. The number of hydrogen-bond acceptors (Lipinski definition) is 3. The van der Waals surface area contributed by atoms with E-state index in [2.05, 4.69) is 4.72 Å². The van der Waals surface area contributed by atoms with Gasteiger partial charge in [-0.3, -0.25) is 10.1 Å². The summed E-state index contributed by atoms with van der Waals surface area (Å²) in [6.07, 6.45) is 0. The van der Waals surface area contributed by atoms with E-state index in [9.17, 15) is 8.42 Å². The zero-order valence-electron chi connectivity index (χ0n) is 7.49. The molecule has 15 heavy (non-hydrogen) atoms. The summed E-state index contributed by atoms with van der Waals surface area (Å²) in [4.78, 5) is 0. The van der Waals surface area contributed by atoms with Gasteiger partial charge in [-0.15, -0.1) is 0 Å². The zero-order valence-corrected chi connectivity index (χ0v) is 9.06. The van der Waals surface area contributed by atoms with Gasteiger partial charge in [-0.2, -0.15) is 8.42 Å². The number of rotatable bonds is 3. The minimum atomic E-state index is -3.84. The SMILES string of the molecule is N=C(N)NS(=O)(=O)Nc1ccc(Cl)cc1. The van der Waals surface area contributed by atoms with Gasteiger partial charge in [0.25, 0.3) is 0 Å². The highest BCUT2D eigenvalue weighted by Crippen LogP contribution is 2.13. The second-order valence-corrected chi connectivity index (χ2v) is 4.48. The van der Waals surface area contributed by atoms with Gasteiger partial charge in [0.15, 0.2) is 0 Å². The molecule has 0 bridgehead atoms. The molecule has 0 radical (unpaired) electrons. The minimum absolute atomic E-state index is 0.327. The quantitative estimate of drug-likeness (QED) is 0.461. The molecule has 5 N–H and O–H groups in total. The maximum atomic E-state index is 11.2. The summed E-state index contributed by atoms with van der Waals surface area (Å²) in [5.41, 5.74) is 5.22. The monoisotopic (exact) mass is 248 g/mol. The van der Waals surface area contributed by atoms with Crippen LogP contribution in [0.4, 0.5) is 5.69 Å². The summed E-state index contributed by atoms with van der Waals surface area (Å²) in [6.45, 7) is 0. The van der Waals surface area contributed by atoms with E-state index in [4.69, 9.17) is 22.7 Å². The molecule has 0 atom stereocenters. The zero-order chi connectivity index (χ0) is 11.5. The van der Waals surface area contributed by atoms with E-state index >= 15 is 0 Å². The second kappa shape index (κ2) is 4.37. The Morgan fingerprint density at radius 2 is 1.87 bits per heavy atom. The van der Waals surface area contributed by atoms with Gasteiger partial charge >= 0.3 is 10.2 Å². The van der Waals surface area contributed by atoms with Crippen molar-refractivity contribution in [3.8, 4) is 0 Å². The van der Waals surface area contributed by atoms with Crippen molar-refractivity contribution in [3.05, 3.63) is 29.3 Å². The molecule has 1 aromatic carbocycles. The summed E-state index contributed by atoms with van der Waals surface area (Å²) in [5, 5.41) is 7.27. The molecular weight excluding hydrogens is 240 g/mol. The number of nitrogens with two attached hydrogens (primary N) is 1. The third kappa shape index (κ3) is 4.05. The summed E-state index contributed by atoms with van der Waals surface area (Å²) in [7, 11) is -3.84. The van der Waals surface area contributed by atoms with Gasteiger partial charge in [0.05, 0.1) is 5.69 Å². The summed E-state index contributed by atoms with van der Waals surface area (Å²) in [5.74, 6) is -0.656. The first kappa shape index (κ1) is 11.6. The molecule has 1 rings (SSSR count). The van der Waals surface area contributed by atoms with E-state index in [1.807, 2.05) is 0 Å². The van der Waals surface area contributed by atoms with Crippen molar-refractivity contribution in [1.82, 2.24) is 4.72 Å². The molecule has 1 aromatic rings. The first-order valence-electron chi connectivity index (χ1n) is 3.79. The molecule has 0 saturated carbocycles. The second-order valence-electron chi connectivity index (χ2n) is 2.63. The van der Waals surface area contributed by atoms with Crippen LogP contribution in [0.15, 0.2) is 24.3 Å². The van der Waals surface area contributed by atoms with E-state index in [-0.39, 0.29) is 0 Å². The van der Waals surface area contributed by atoms with Crippen molar-refractivity contribution in [2.45, 2.75) is 0 Å². The van der Waals surface area contributed by atoms with E-state index in [1.54, 1.807) is 4.72 Å². The first-order valence-corrected chi connectivity index (χ1v) is 5.65. The maximum Gasteiger partial charge on any atom is 0.323 e. The normalized spacial score (nSPS) is 10.7. The van der Waals surface area contributed by atoms with E-state index in [0.29, 0.717) is 10.7 Å². The molecule has 82 valence electrons. The number of guanidine groups is 1. The largest absolute Gasteiger partial charge is 0.369 e. The molecule has 0 aromatic heterocycles. The molecule has 8 heteroatoms. The van der Waals surface area contributed by atoms with Gasteiger partial charge < -0.3 is 5.73 Å². The molecule has 0 aliphatic rings. The third-order valence-electron chi connectivity index (χ3n) is 1.34. The fourth-order valence-electron chi connectivity index (χ4n) is 0.843. The van der Waals surface area contributed by atoms with Gasteiger partial charge in [-0.05, 0) is 24.3 Å². The van der Waals surface area contributed by atoms with Gasteiger partial charge in [0.1, 0.15) is 0 Å². The van der Waals surface area contributed by atoms with Crippen LogP contribution in [-0.4, -0.2) is 14.4 Å². The van der Waals surface area contributed by atoms with Crippen LogP contribution in [0.3, 0.4) is 0 Å². The van der Waals surface area contributed by atoms with Crippen molar-refractivity contribution < 1.29 is 8.42 Å². The molecule has 0 aliphatic heterocycles. The van der Waals surface area contributed by atoms with Crippen LogP contribution in [0.2, 0.25) is 5.02 Å². The Hall–Kier alpha value is -1.47. The fourth-order valence-corrected chi connectivity index (χ4v) is 1.76. The predicted molar refractivity (Wildman–Crippen MR) is 59.0 cm³/mol. The van der Waals surface area contributed by atoms with Crippen LogP contribution >= 0.6 is 11.6 Å². The van der Waals surface area contributed by atoms with E-state index in [1.165, 1.54) is 24.3 Å². The molecule has 0 aliphatic carbocycles. The van der Waals surface area contributed by atoms with Crippen molar-refractivity contribution in [2.24, 2.45) is 5.73 Å². The lowest BCUT2D eigenvalue weighted by Crippen LogP contribution is -2.39.